The van der Waals surface area contributed by atoms with Crippen LogP contribution in [0.3, 0.4) is 0 Å². The number of anilines is 1. The smallest absolute Gasteiger partial charge is 0.338 e. The Hall–Kier alpha value is -1.88. The predicted octanol–water partition coefficient (Wildman–Crippen LogP) is 3.95. The zero-order valence-electron chi connectivity index (χ0n) is 13.4. The summed E-state index contributed by atoms with van der Waals surface area (Å²) < 4.78 is 5.20. The van der Waals surface area contributed by atoms with Gasteiger partial charge in [-0.1, -0.05) is 12.1 Å². The summed E-state index contributed by atoms with van der Waals surface area (Å²) in [5.74, 6) is 0.302. The molecule has 1 unspecified atom stereocenters. The molecular formula is C18H22N2O2S. The number of carbonyl (C=O) groups excluding carboxylic acids is 1. The topological polar surface area (TPSA) is 65.2 Å². The minimum absolute atomic E-state index is 0.194. The van der Waals surface area contributed by atoms with Gasteiger partial charge in [0.15, 0.2) is 5.13 Å². The van der Waals surface area contributed by atoms with Crippen LogP contribution in [0.2, 0.25) is 0 Å². The SMILES string of the molecule is CCOC(=O)c1cccc2c1CCCC2CCc1cnc(N)s1. The molecule has 23 heavy (non-hydrogen) atoms. The Morgan fingerprint density at radius 2 is 2.35 bits per heavy atom. The van der Waals surface area contributed by atoms with E-state index in [1.54, 1.807) is 11.3 Å². The number of aromatic nitrogens is 1. The van der Waals surface area contributed by atoms with Gasteiger partial charge >= 0.3 is 5.97 Å². The maximum absolute atomic E-state index is 12.2. The highest BCUT2D eigenvalue weighted by Gasteiger charge is 2.24. The van der Waals surface area contributed by atoms with Gasteiger partial charge in [0.1, 0.15) is 0 Å². The van der Waals surface area contributed by atoms with Crippen molar-refractivity contribution in [1.29, 1.82) is 0 Å². The zero-order chi connectivity index (χ0) is 16.2. The molecule has 1 aliphatic rings. The van der Waals surface area contributed by atoms with Crippen molar-refractivity contribution >= 4 is 22.4 Å². The molecule has 122 valence electrons. The number of aryl methyl sites for hydroxylation is 1. The Balaban J connectivity index is 1.79. The maximum Gasteiger partial charge on any atom is 0.338 e. The minimum atomic E-state index is -0.194. The standard InChI is InChI=1S/C18H22N2O2S/c1-2-22-17(21)16-8-4-6-14-12(5-3-7-15(14)16)9-10-13-11-20-18(19)23-13/h4,6,8,11-12H,2-3,5,7,9-10H2,1H3,(H2,19,20). The van der Waals surface area contributed by atoms with E-state index < -0.39 is 0 Å². The van der Waals surface area contributed by atoms with Gasteiger partial charge in [-0.05, 0) is 62.1 Å². The second-order valence-corrected chi connectivity index (χ2v) is 7.03. The summed E-state index contributed by atoms with van der Waals surface area (Å²) in [6, 6.07) is 6.04. The van der Waals surface area contributed by atoms with Gasteiger partial charge in [0, 0.05) is 11.1 Å². The van der Waals surface area contributed by atoms with Gasteiger partial charge in [-0.25, -0.2) is 9.78 Å². The Labute approximate surface area is 140 Å². The summed E-state index contributed by atoms with van der Waals surface area (Å²) in [5, 5.41) is 0.633. The van der Waals surface area contributed by atoms with Gasteiger partial charge in [-0.3, -0.25) is 0 Å². The van der Waals surface area contributed by atoms with E-state index in [-0.39, 0.29) is 5.97 Å². The number of hydrogen-bond acceptors (Lipinski definition) is 5. The third-order valence-corrected chi connectivity index (χ3v) is 5.32. The van der Waals surface area contributed by atoms with E-state index in [2.05, 4.69) is 11.1 Å². The molecule has 2 aromatic rings. The van der Waals surface area contributed by atoms with Gasteiger partial charge in [0.25, 0.3) is 0 Å². The molecule has 1 aromatic heterocycles. The first-order valence-electron chi connectivity index (χ1n) is 8.18. The van der Waals surface area contributed by atoms with Crippen LogP contribution in [-0.2, 0) is 17.6 Å². The largest absolute Gasteiger partial charge is 0.462 e. The lowest BCUT2D eigenvalue weighted by molar-refractivity contribution is 0.0524. The van der Waals surface area contributed by atoms with E-state index in [1.165, 1.54) is 22.4 Å². The van der Waals surface area contributed by atoms with Crippen LogP contribution in [0.4, 0.5) is 5.13 Å². The zero-order valence-corrected chi connectivity index (χ0v) is 14.2. The van der Waals surface area contributed by atoms with E-state index in [0.29, 0.717) is 17.7 Å². The summed E-state index contributed by atoms with van der Waals surface area (Å²) in [5.41, 5.74) is 8.95. The van der Waals surface area contributed by atoms with Gasteiger partial charge in [0.05, 0.1) is 12.2 Å². The van der Waals surface area contributed by atoms with Gasteiger partial charge in [-0.2, -0.15) is 0 Å². The Kier molecular flexibility index (Phi) is 4.96. The van der Waals surface area contributed by atoms with Crippen LogP contribution < -0.4 is 5.73 Å². The second-order valence-electron chi connectivity index (χ2n) is 5.89. The molecule has 0 spiro atoms. The summed E-state index contributed by atoms with van der Waals surface area (Å²) in [4.78, 5) is 17.5. The first-order chi connectivity index (χ1) is 11.2. The Morgan fingerprint density at radius 1 is 1.48 bits per heavy atom. The van der Waals surface area contributed by atoms with E-state index >= 15 is 0 Å². The number of nitrogen functional groups attached to an aromatic ring is 1. The molecule has 1 heterocycles. The van der Waals surface area contributed by atoms with Crippen LogP contribution in [-0.4, -0.2) is 17.6 Å². The van der Waals surface area contributed by atoms with E-state index in [1.807, 2.05) is 25.3 Å². The number of benzene rings is 1. The molecule has 0 amide bonds. The number of fused-ring (bicyclic) bond motifs is 1. The highest BCUT2D eigenvalue weighted by molar-refractivity contribution is 7.15. The van der Waals surface area contributed by atoms with Crippen molar-refractivity contribution in [2.24, 2.45) is 0 Å². The monoisotopic (exact) mass is 330 g/mol. The highest BCUT2D eigenvalue weighted by atomic mass is 32.1. The molecule has 3 rings (SSSR count). The van der Waals surface area contributed by atoms with Gasteiger partial charge < -0.3 is 10.5 Å². The number of ether oxygens (including phenoxy) is 1. The number of esters is 1. The average Bonchev–Trinajstić information content (AvgIpc) is 2.98. The fourth-order valence-electron chi connectivity index (χ4n) is 3.40. The maximum atomic E-state index is 12.2. The third kappa shape index (κ3) is 3.55. The first kappa shape index (κ1) is 16.0. The molecule has 4 nitrogen and oxygen atoms in total. The van der Waals surface area contributed by atoms with E-state index in [9.17, 15) is 4.79 Å². The molecule has 0 saturated carbocycles. The lowest BCUT2D eigenvalue weighted by Gasteiger charge is -2.27. The van der Waals surface area contributed by atoms with Crippen molar-refractivity contribution in [3.63, 3.8) is 0 Å². The minimum Gasteiger partial charge on any atom is -0.462 e. The molecule has 0 aliphatic heterocycles. The number of nitrogens with zero attached hydrogens (tertiary/aromatic N) is 1. The average molecular weight is 330 g/mol. The van der Waals surface area contributed by atoms with E-state index in [4.69, 9.17) is 10.5 Å². The molecule has 1 aliphatic carbocycles. The number of carbonyl (C=O) groups is 1. The molecule has 0 radical (unpaired) electrons. The number of rotatable bonds is 5. The summed E-state index contributed by atoms with van der Waals surface area (Å²) in [6.45, 7) is 2.26. The molecule has 0 fully saturated rings. The summed E-state index contributed by atoms with van der Waals surface area (Å²) >= 11 is 1.56. The molecule has 0 bridgehead atoms. The molecule has 5 heteroatoms. The van der Waals surface area contributed by atoms with Crippen molar-refractivity contribution in [3.8, 4) is 0 Å². The second kappa shape index (κ2) is 7.13. The van der Waals surface area contributed by atoms with Crippen molar-refractivity contribution in [2.75, 3.05) is 12.3 Å². The van der Waals surface area contributed by atoms with Crippen LogP contribution in [0.1, 0.15) is 58.5 Å². The molecule has 1 atom stereocenters. The lowest BCUT2D eigenvalue weighted by atomic mass is 9.78. The fourth-order valence-corrected chi connectivity index (χ4v) is 4.10. The van der Waals surface area contributed by atoms with Gasteiger partial charge in [-0.15, -0.1) is 11.3 Å². The van der Waals surface area contributed by atoms with Crippen molar-refractivity contribution < 1.29 is 9.53 Å². The van der Waals surface area contributed by atoms with Crippen LogP contribution in [0.25, 0.3) is 0 Å². The van der Waals surface area contributed by atoms with Crippen molar-refractivity contribution in [2.45, 2.75) is 44.9 Å². The molecule has 1 aromatic carbocycles. The van der Waals surface area contributed by atoms with Crippen LogP contribution in [0.15, 0.2) is 24.4 Å². The van der Waals surface area contributed by atoms with Crippen LogP contribution in [0, 0.1) is 0 Å². The first-order valence-corrected chi connectivity index (χ1v) is 8.99. The molecule has 0 saturated heterocycles. The Bertz CT molecular complexity index is 696. The number of hydrogen-bond donors (Lipinski definition) is 1. The van der Waals surface area contributed by atoms with E-state index in [0.717, 1.165) is 31.2 Å². The van der Waals surface area contributed by atoms with Crippen LogP contribution in [0.5, 0.6) is 0 Å². The van der Waals surface area contributed by atoms with Crippen molar-refractivity contribution in [3.05, 3.63) is 46.0 Å². The number of thiazole rings is 1. The molecular weight excluding hydrogens is 308 g/mol. The molecule has 2 N–H and O–H groups in total. The summed E-state index contributed by atoms with van der Waals surface area (Å²) in [6.07, 6.45) is 7.20. The van der Waals surface area contributed by atoms with Gasteiger partial charge in [0.2, 0.25) is 0 Å². The summed E-state index contributed by atoms with van der Waals surface area (Å²) in [7, 11) is 0. The fraction of sp³-hybridized carbons (Fsp3) is 0.444. The number of nitrogens with two attached hydrogens (primary N) is 1. The Morgan fingerprint density at radius 3 is 3.09 bits per heavy atom. The lowest BCUT2D eigenvalue weighted by Crippen LogP contribution is -2.16. The highest BCUT2D eigenvalue weighted by Crippen LogP contribution is 2.37. The van der Waals surface area contributed by atoms with Crippen LogP contribution >= 0.6 is 11.3 Å². The normalized spacial score (nSPS) is 16.8. The quantitative estimate of drug-likeness (QED) is 0.843. The third-order valence-electron chi connectivity index (χ3n) is 4.44. The predicted molar refractivity (Wildman–Crippen MR) is 92.9 cm³/mol. The van der Waals surface area contributed by atoms with Crippen molar-refractivity contribution in [1.82, 2.24) is 4.98 Å².